The van der Waals surface area contributed by atoms with Gasteiger partial charge in [0.2, 0.25) is 0 Å². The van der Waals surface area contributed by atoms with Gasteiger partial charge in [-0.2, -0.15) is 0 Å². The summed E-state index contributed by atoms with van der Waals surface area (Å²) in [7, 11) is 4.73. The Hall–Kier alpha value is -3.46. The van der Waals surface area contributed by atoms with Crippen molar-refractivity contribution in [1.29, 1.82) is 0 Å². The Kier molecular flexibility index (Phi) is 7.97. The Morgan fingerprint density at radius 3 is 2.17 bits per heavy atom. The number of amides is 1. The second kappa shape index (κ2) is 11.3. The molecule has 9 nitrogen and oxygen atoms in total. The first-order chi connectivity index (χ1) is 17.0. The maximum absolute atomic E-state index is 12.6. The van der Waals surface area contributed by atoms with Gasteiger partial charge in [0, 0.05) is 32.1 Å². The molecule has 9 heteroatoms. The third-order valence-corrected chi connectivity index (χ3v) is 6.51. The maximum Gasteiger partial charge on any atom is 0.415 e. The molecule has 2 fully saturated rings. The highest BCUT2D eigenvalue weighted by Crippen LogP contribution is 2.35. The number of rotatable bonds is 8. The van der Waals surface area contributed by atoms with Gasteiger partial charge in [-0.1, -0.05) is 12.1 Å². The van der Waals surface area contributed by atoms with Crippen LogP contribution in [0, 0.1) is 11.8 Å². The van der Waals surface area contributed by atoms with Crippen molar-refractivity contribution in [3.63, 3.8) is 0 Å². The lowest BCUT2D eigenvalue weighted by Crippen LogP contribution is -2.47. The normalized spacial score (nSPS) is 19.7. The number of piperazine rings is 1. The van der Waals surface area contributed by atoms with Crippen molar-refractivity contribution in [2.75, 3.05) is 54.1 Å². The van der Waals surface area contributed by atoms with Crippen LogP contribution in [0.2, 0.25) is 0 Å². The summed E-state index contributed by atoms with van der Waals surface area (Å²) >= 11 is 0. The van der Waals surface area contributed by atoms with Crippen LogP contribution in [-0.2, 0) is 22.4 Å². The first-order valence-corrected chi connectivity index (χ1v) is 11.7. The highest BCUT2D eigenvalue weighted by Gasteiger charge is 2.37. The maximum atomic E-state index is 12.6. The molecule has 4 rings (SSSR count). The number of nitrogens with zero attached hydrogens (tertiary/aromatic N) is 1. The van der Waals surface area contributed by atoms with E-state index in [1.807, 2.05) is 30.3 Å². The van der Waals surface area contributed by atoms with Crippen molar-refractivity contribution in [1.82, 2.24) is 10.2 Å². The zero-order chi connectivity index (χ0) is 24.8. The fourth-order valence-corrected chi connectivity index (χ4v) is 4.55. The van der Waals surface area contributed by atoms with Crippen molar-refractivity contribution in [2.24, 2.45) is 11.8 Å². The quantitative estimate of drug-likeness (QED) is 0.572. The summed E-state index contributed by atoms with van der Waals surface area (Å²) in [6.07, 6.45) is 0.778. The molecule has 0 aromatic heterocycles. The molecule has 1 unspecified atom stereocenters. The Morgan fingerprint density at radius 1 is 0.914 bits per heavy atom. The van der Waals surface area contributed by atoms with Crippen molar-refractivity contribution in [3.05, 3.63) is 47.5 Å². The van der Waals surface area contributed by atoms with Crippen molar-refractivity contribution < 1.29 is 33.3 Å². The molecule has 2 aliphatic heterocycles. The molecule has 1 N–H and O–H groups in total. The number of hydrogen-bond acceptors (Lipinski definition) is 8. The van der Waals surface area contributed by atoms with Crippen LogP contribution in [0.25, 0.3) is 0 Å². The molecule has 2 aromatic rings. The summed E-state index contributed by atoms with van der Waals surface area (Å²) in [6, 6.07) is 11.2. The van der Waals surface area contributed by atoms with Gasteiger partial charge in [-0.15, -0.1) is 0 Å². The molecule has 0 spiro atoms. The number of nitrogens with one attached hydrogen (secondary N) is 1. The average molecular weight is 485 g/mol. The first-order valence-electron chi connectivity index (χ1n) is 11.7. The van der Waals surface area contributed by atoms with Crippen LogP contribution in [-0.4, -0.2) is 71.1 Å². The number of methoxy groups -OCH3 is 3. The number of cyclic esters (lactones) is 1. The molecular formula is C26H32N2O7. The molecule has 0 bridgehead atoms. The Balaban J connectivity index is 1.45. The van der Waals surface area contributed by atoms with Gasteiger partial charge >= 0.3 is 12.1 Å². The average Bonchev–Trinajstić information content (AvgIpc) is 3.23. The highest BCUT2D eigenvalue weighted by atomic mass is 16.6. The van der Waals surface area contributed by atoms with Gasteiger partial charge in [0.05, 0.1) is 33.9 Å². The minimum atomic E-state index is -0.396. The van der Waals surface area contributed by atoms with E-state index in [0.29, 0.717) is 55.5 Å². The predicted octanol–water partition coefficient (Wildman–Crippen LogP) is 2.69. The van der Waals surface area contributed by atoms with Gasteiger partial charge in [-0.05, 0) is 48.2 Å². The molecule has 0 saturated carbocycles. The summed E-state index contributed by atoms with van der Waals surface area (Å²) in [5, 5.41) is 3.21. The Bertz CT molecular complexity index is 1050. The minimum Gasteiger partial charge on any atom is -0.493 e. The van der Waals surface area contributed by atoms with Crippen molar-refractivity contribution >= 4 is 12.1 Å². The summed E-state index contributed by atoms with van der Waals surface area (Å²) in [6.45, 7) is 3.06. The monoisotopic (exact) mass is 484 g/mol. The number of carbonyl (C=O) groups excluding carboxylic acids is 2. The summed E-state index contributed by atoms with van der Waals surface area (Å²) in [5.41, 5.74) is 1.95. The molecule has 2 aliphatic rings. The van der Waals surface area contributed by atoms with Crippen LogP contribution >= 0.6 is 0 Å². The van der Waals surface area contributed by atoms with Crippen LogP contribution in [0.4, 0.5) is 4.79 Å². The second-order valence-corrected chi connectivity index (χ2v) is 8.68. The third kappa shape index (κ3) is 5.79. The first kappa shape index (κ1) is 24.7. The van der Waals surface area contributed by atoms with Crippen LogP contribution in [0.1, 0.15) is 11.1 Å². The fraction of sp³-hybridized carbons (Fsp3) is 0.462. The largest absolute Gasteiger partial charge is 0.493 e. The summed E-state index contributed by atoms with van der Waals surface area (Å²) in [4.78, 5) is 26.7. The molecule has 188 valence electrons. The van der Waals surface area contributed by atoms with E-state index < -0.39 is 6.09 Å². The van der Waals surface area contributed by atoms with Crippen molar-refractivity contribution in [2.45, 2.75) is 12.8 Å². The van der Waals surface area contributed by atoms with E-state index in [-0.39, 0.29) is 17.8 Å². The number of benzene rings is 2. The molecule has 2 aromatic carbocycles. The lowest BCUT2D eigenvalue weighted by atomic mass is 9.85. The minimum absolute atomic E-state index is 0.0248. The SMILES string of the molecule is COc1ccc(C[C@H]2COC(=O)C2Cc2ccc(OC(=O)N3CCNCC3)c(OC)c2)cc1OC. The number of hydrogen-bond donors (Lipinski definition) is 1. The highest BCUT2D eigenvalue weighted by molar-refractivity contribution is 5.75. The van der Waals surface area contributed by atoms with Gasteiger partial charge in [-0.3, -0.25) is 4.79 Å². The molecule has 2 saturated heterocycles. The fourth-order valence-electron chi connectivity index (χ4n) is 4.55. The van der Waals surface area contributed by atoms with Gasteiger partial charge in [0.15, 0.2) is 23.0 Å². The lowest BCUT2D eigenvalue weighted by Gasteiger charge is -2.26. The van der Waals surface area contributed by atoms with Gasteiger partial charge < -0.3 is 33.9 Å². The number of carbonyl (C=O) groups is 2. The van der Waals surface area contributed by atoms with Crippen molar-refractivity contribution in [3.8, 4) is 23.0 Å². The van der Waals surface area contributed by atoms with Crippen LogP contribution in [0.15, 0.2) is 36.4 Å². The predicted molar refractivity (Wildman–Crippen MR) is 128 cm³/mol. The topological polar surface area (TPSA) is 95.6 Å². The third-order valence-electron chi connectivity index (χ3n) is 6.51. The van der Waals surface area contributed by atoms with E-state index in [1.54, 1.807) is 25.2 Å². The zero-order valence-corrected chi connectivity index (χ0v) is 20.4. The van der Waals surface area contributed by atoms with Crippen LogP contribution in [0.3, 0.4) is 0 Å². The zero-order valence-electron chi connectivity index (χ0n) is 20.4. The second-order valence-electron chi connectivity index (χ2n) is 8.68. The van der Waals surface area contributed by atoms with Crippen LogP contribution in [0.5, 0.6) is 23.0 Å². The smallest absolute Gasteiger partial charge is 0.415 e. The molecule has 2 atom stereocenters. The molecule has 0 aliphatic carbocycles. The Labute approximate surface area is 205 Å². The van der Waals surface area contributed by atoms with Crippen LogP contribution < -0.4 is 24.3 Å². The molecule has 0 radical (unpaired) electrons. The number of ether oxygens (including phenoxy) is 5. The molecule has 35 heavy (non-hydrogen) atoms. The summed E-state index contributed by atoms with van der Waals surface area (Å²) in [5.74, 6) is 1.66. The standard InChI is InChI=1S/C26H32N2O7/c1-31-21-6-4-17(14-23(21)32-2)12-19-16-34-25(29)20(19)13-18-5-7-22(24(15-18)33-3)35-26(30)28-10-8-27-9-11-28/h4-7,14-15,19-20,27H,8-13,16H2,1-3H3/t19-,20?/m0/s1. The lowest BCUT2D eigenvalue weighted by molar-refractivity contribution is -0.141. The van der Waals surface area contributed by atoms with Gasteiger partial charge in [-0.25, -0.2) is 4.79 Å². The van der Waals surface area contributed by atoms with E-state index in [4.69, 9.17) is 23.7 Å². The van der Waals surface area contributed by atoms with E-state index in [1.165, 1.54) is 7.11 Å². The molecule has 1 amide bonds. The van der Waals surface area contributed by atoms with Gasteiger partial charge in [0.1, 0.15) is 0 Å². The molecule has 2 heterocycles. The van der Waals surface area contributed by atoms with E-state index in [0.717, 1.165) is 24.2 Å². The molecular weight excluding hydrogens is 452 g/mol. The number of esters is 1. The summed E-state index contributed by atoms with van der Waals surface area (Å²) < 4.78 is 27.2. The van der Waals surface area contributed by atoms with E-state index in [9.17, 15) is 9.59 Å². The Morgan fingerprint density at radius 2 is 1.51 bits per heavy atom. The van der Waals surface area contributed by atoms with E-state index in [2.05, 4.69) is 5.32 Å². The van der Waals surface area contributed by atoms with Gasteiger partial charge in [0.25, 0.3) is 0 Å². The van der Waals surface area contributed by atoms with E-state index >= 15 is 0 Å².